The van der Waals surface area contributed by atoms with Crippen molar-refractivity contribution in [2.24, 2.45) is 11.8 Å². The van der Waals surface area contributed by atoms with Gasteiger partial charge in [0.1, 0.15) is 0 Å². The zero-order chi connectivity index (χ0) is 20.4. The number of para-hydroxylation sites is 1. The molecule has 3 aliphatic rings. The van der Waals surface area contributed by atoms with E-state index in [1.807, 2.05) is 24.3 Å². The second-order valence-corrected chi connectivity index (χ2v) is 8.23. The first kappa shape index (κ1) is 20.1. The minimum absolute atomic E-state index is 0.0362. The minimum atomic E-state index is -0.178. The van der Waals surface area contributed by atoms with E-state index in [1.165, 1.54) is 4.90 Å². The molecule has 0 saturated carbocycles. The van der Waals surface area contributed by atoms with Gasteiger partial charge in [0.2, 0.25) is 17.7 Å². The van der Waals surface area contributed by atoms with Crippen LogP contribution in [-0.2, 0) is 14.4 Å². The summed E-state index contributed by atoms with van der Waals surface area (Å²) >= 11 is 6.08. The van der Waals surface area contributed by atoms with Crippen molar-refractivity contribution in [1.29, 1.82) is 0 Å². The molecule has 4 rings (SSSR count). The fourth-order valence-corrected chi connectivity index (χ4v) is 4.44. The maximum atomic E-state index is 12.6. The van der Waals surface area contributed by atoms with Crippen LogP contribution < -0.4 is 5.32 Å². The van der Waals surface area contributed by atoms with Crippen LogP contribution in [0, 0.1) is 11.8 Å². The van der Waals surface area contributed by atoms with Gasteiger partial charge in [-0.2, -0.15) is 0 Å². The van der Waals surface area contributed by atoms with Gasteiger partial charge < -0.3 is 5.32 Å². The van der Waals surface area contributed by atoms with Gasteiger partial charge >= 0.3 is 0 Å². The standard InChI is InChI=1S/C21H25ClN4O3/c22-17-7-3-4-8-18(17)23-19(27)13-24-9-11-25(12-10-24)14-26-20(28)15-5-1-2-6-16(15)21(26)29/h1-4,7-8,15-16H,5-6,9-14H2,(H,23,27)/t15-,16-/m0/s1. The topological polar surface area (TPSA) is 73.0 Å². The summed E-state index contributed by atoms with van der Waals surface area (Å²) in [5, 5.41) is 3.35. The maximum absolute atomic E-state index is 12.6. The Morgan fingerprint density at radius 3 is 2.17 bits per heavy atom. The number of fused-ring (bicyclic) bond motifs is 1. The van der Waals surface area contributed by atoms with E-state index in [-0.39, 0.29) is 36.1 Å². The van der Waals surface area contributed by atoms with Crippen molar-refractivity contribution in [3.05, 3.63) is 41.4 Å². The van der Waals surface area contributed by atoms with Crippen LogP contribution in [0.25, 0.3) is 0 Å². The van der Waals surface area contributed by atoms with Crippen LogP contribution in [0.2, 0.25) is 5.02 Å². The third-order valence-corrected chi connectivity index (χ3v) is 6.25. The highest BCUT2D eigenvalue weighted by atomic mass is 35.5. The predicted octanol–water partition coefficient (Wildman–Crippen LogP) is 1.80. The molecule has 2 atom stereocenters. The summed E-state index contributed by atoms with van der Waals surface area (Å²) in [6.45, 7) is 3.48. The quantitative estimate of drug-likeness (QED) is 0.585. The summed E-state index contributed by atoms with van der Waals surface area (Å²) in [4.78, 5) is 43.1. The van der Waals surface area contributed by atoms with E-state index in [4.69, 9.17) is 11.6 Å². The van der Waals surface area contributed by atoms with Gasteiger partial charge in [0.05, 0.1) is 35.8 Å². The number of nitrogens with one attached hydrogen (secondary N) is 1. The number of anilines is 1. The molecule has 0 spiro atoms. The van der Waals surface area contributed by atoms with Crippen LogP contribution >= 0.6 is 11.6 Å². The van der Waals surface area contributed by atoms with Gasteiger partial charge in [-0.25, -0.2) is 0 Å². The highest BCUT2D eigenvalue weighted by molar-refractivity contribution is 6.33. The van der Waals surface area contributed by atoms with E-state index in [0.29, 0.717) is 56.4 Å². The summed E-state index contributed by atoms with van der Waals surface area (Å²) in [5.41, 5.74) is 0.611. The Kier molecular flexibility index (Phi) is 5.99. The molecule has 8 heteroatoms. The number of piperazine rings is 1. The molecule has 0 aromatic heterocycles. The molecule has 1 N–H and O–H groups in total. The highest BCUT2D eigenvalue weighted by Gasteiger charge is 2.47. The summed E-state index contributed by atoms with van der Waals surface area (Å²) in [6.07, 6.45) is 5.34. The number of hydrogen-bond acceptors (Lipinski definition) is 5. The Balaban J connectivity index is 1.25. The molecule has 0 bridgehead atoms. The van der Waals surface area contributed by atoms with Crippen LogP contribution in [0.3, 0.4) is 0 Å². The average molecular weight is 417 g/mol. The number of hydrogen-bond donors (Lipinski definition) is 1. The molecule has 2 saturated heterocycles. The van der Waals surface area contributed by atoms with Gasteiger partial charge in [0.25, 0.3) is 0 Å². The van der Waals surface area contributed by atoms with Crippen molar-refractivity contribution < 1.29 is 14.4 Å². The first-order valence-corrected chi connectivity index (χ1v) is 10.4. The largest absolute Gasteiger partial charge is 0.324 e. The van der Waals surface area contributed by atoms with Gasteiger partial charge in [-0.3, -0.25) is 29.1 Å². The lowest BCUT2D eigenvalue weighted by Crippen LogP contribution is -2.52. The van der Waals surface area contributed by atoms with Crippen LogP contribution in [0.1, 0.15) is 12.8 Å². The molecule has 0 radical (unpaired) electrons. The minimum Gasteiger partial charge on any atom is -0.324 e. The van der Waals surface area contributed by atoms with Gasteiger partial charge in [-0.1, -0.05) is 35.9 Å². The Labute approximate surface area is 175 Å². The van der Waals surface area contributed by atoms with Crippen molar-refractivity contribution in [2.45, 2.75) is 12.8 Å². The molecule has 154 valence electrons. The summed E-state index contributed by atoms with van der Waals surface area (Å²) in [7, 11) is 0. The van der Waals surface area contributed by atoms with Crippen molar-refractivity contribution in [1.82, 2.24) is 14.7 Å². The molecular formula is C21H25ClN4O3. The predicted molar refractivity (Wildman–Crippen MR) is 110 cm³/mol. The number of carbonyl (C=O) groups excluding carboxylic acids is 3. The van der Waals surface area contributed by atoms with Crippen molar-refractivity contribution in [2.75, 3.05) is 44.7 Å². The lowest BCUT2D eigenvalue weighted by molar-refractivity contribution is -0.142. The van der Waals surface area contributed by atoms with Crippen molar-refractivity contribution in [3.8, 4) is 0 Å². The molecule has 1 aliphatic carbocycles. The summed E-state index contributed by atoms with van der Waals surface area (Å²) < 4.78 is 0. The molecule has 2 aliphatic heterocycles. The Hall–Kier alpha value is -2.22. The smallest absolute Gasteiger partial charge is 0.238 e. The van der Waals surface area contributed by atoms with Gasteiger partial charge in [0, 0.05) is 26.2 Å². The second-order valence-electron chi connectivity index (χ2n) is 7.82. The van der Waals surface area contributed by atoms with Crippen molar-refractivity contribution >= 4 is 35.0 Å². The van der Waals surface area contributed by atoms with E-state index in [9.17, 15) is 14.4 Å². The Morgan fingerprint density at radius 2 is 1.55 bits per heavy atom. The molecule has 29 heavy (non-hydrogen) atoms. The number of rotatable bonds is 5. The number of allylic oxidation sites excluding steroid dienone is 2. The number of likely N-dealkylation sites (tertiary alicyclic amines) is 1. The number of nitrogens with zero attached hydrogens (tertiary/aromatic N) is 3. The first-order valence-electron chi connectivity index (χ1n) is 10.0. The highest BCUT2D eigenvalue weighted by Crippen LogP contribution is 2.35. The number of imide groups is 1. The monoisotopic (exact) mass is 416 g/mol. The molecule has 0 unspecified atom stereocenters. The summed E-state index contributed by atoms with van der Waals surface area (Å²) in [6, 6.07) is 7.16. The fraction of sp³-hybridized carbons (Fsp3) is 0.476. The molecule has 2 heterocycles. The van der Waals surface area contributed by atoms with E-state index in [2.05, 4.69) is 15.1 Å². The van der Waals surface area contributed by atoms with Crippen LogP contribution in [-0.4, -0.2) is 71.8 Å². The number of benzene rings is 1. The third-order valence-electron chi connectivity index (χ3n) is 5.92. The van der Waals surface area contributed by atoms with Gasteiger partial charge in [0.15, 0.2) is 0 Å². The van der Waals surface area contributed by atoms with Gasteiger partial charge in [-0.05, 0) is 25.0 Å². The van der Waals surface area contributed by atoms with Crippen LogP contribution in [0.5, 0.6) is 0 Å². The zero-order valence-electron chi connectivity index (χ0n) is 16.2. The number of halogens is 1. The van der Waals surface area contributed by atoms with E-state index in [1.54, 1.807) is 12.1 Å². The number of amides is 3. The molecule has 2 fully saturated rings. The van der Waals surface area contributed by atoms with Crippen LogP contribution in [0.4, 0.5) is 5.69 Å². The van der Waals surface area contributed by atoms with E-state index >= 15 is 0 Å². The first-order chi connectivity index (χ1) is 14.0. The lowest BCUT2D eigenvalue weighted by Gasteiger charge is -2.35. The maximum Gasteiger partial charge on any atom is 0.238 e. The molecule has 7 nitrogen and oxygen atoms in total. The van der Waals surface area contributed by atoms with Crippen molar-refractivity contribution in [3.63, 3.8) is 0 Å². The lowest BCUT2D eigenvalue weighted by atomic mass is 9.85. The number of carbonyl (C=O) groups is 3. The normalized spacial score (nSPS) is 25.3. The average Bonchev–Trinajstić information content (AvgIpc) is 2.96. The fourth-order valence-electron chi connectivity index (χ4n) is 4.25. The Bertz CT molecular complexity index is 809. The van der Waals surface area contributed by atoms with E-state index in [0.717, 1.165) is 0 Å². The SMILES string of the molecule is O=C(CN1CCN(CN2C(=O)[C@H]3CC=CC[C@@H]3C2=O)CC1)Nc1ccccc1Cl. The van der Waals surface area contributed by atoms with Crippen LogP contribution in [0.15, 0.2) is 36.4 Å². The zero-order valence-corrected chi connectivity index (χ0v) is 17.0. The molecular weight excluding hydrogens is 392 g/mol. The Morgan fingerprint density at radius 1 is 0.966 bits per heavy atom. The summed E-state index contributed by atoms with van der Waals surface area (Å²) in [5.74, 6) is -0.533. The molecule has 1 aromatic rings. The van der Waals surface area contributed by atoms with E-state index < -0.39 is 0 Å². The molecule has 1 aromatic carbocycles. The van der Waals surface area contributed by atoms with Gasteiger partial charge in [-0.15, -0.1) is 0 Å². The molecule has 3 amide bonds. The second kappa shape index (κ2) is 8.65. The third kappa shape index (κ3) is 4.37.